The smallest absolute Gasteiger partial charge is 0.244 e. The van der Waals surface area contributed by atoms with Crippen molar-refractivity contribution in [2.45, 2.75) is 36.6 Å². The first-order valence-corrected chi connectivity index (χ1v) is 8.98. The normalized spacial score (nSPS) is 24.0. The lowest BCUT2D eigenvalue weighted by atomic mass is 9.85. The lowest BCUT2D eigenvalue weighted by molar-refractivity contribution is 0.204. The van der Waals surface area contributed by atoms with E-state index in [2.05, 4.69) is 20.9 Å². The van der Waals surface area contributed by atoms with Gasteiger partial charge in [0.25, 0.3) is 0 Å². The van der Waals surface area contributed by atoms with E-state index in [9.17, 15) is 8.42 Å². The highest BCUT2D eigenvalue weighted by Gasteiger charge is 2.34. The lowest BCUT2D eigenvalue weighted by Gasteiger charge is -2.36. The minimum Gasteiger partial charge on any atom is -0.330 e. The summed E-state index contributed by atoms with van der Waals surface area (Å²) in [6, 6.07) is 1.57. The molecule has 1 saturated carbocycles. The second-order valence-electron chi connectivity index (χ2n) is 5.21. The number of nitrogens with two attached hydrogens (primary N) is 1. The van der Waals surface area contributed by atoms with Gasteiger partial charge in [-0.1, -0.05) is 12.8 Å². The molecule has 112 valence electrons. The van der Waals surface area contributed by atoms with Gasteiger partial charge in [0.15, 0.2) is 0 Å². The molecule has 0 bridgehead atoms. The van der Waals surface area contributed by atoms with Crippen molar-refractivity contribution < 1.29 is 8.42 Å². The first kappa shape index (κ1) is 15.9. The van der Waals surface area contributed by atoms with Gasteiger partial charge in [-0.2, -0.15) is 4.31 Å². The predicted octanol–water partition coefficient (Wildman–Crippen LogP) is 1.98. The van der Waals surface area contributed by atoms with Crippen LogP contribution in [-0.4, -0.2) is 37.3 Å². The van der Waals surface area contributed by atoms with Crippen LogP contribution >= 0.6 is 15.9 Å². The molecule has 7 heteroatoms. The van der Waals surface area contributed by atoms with Crippen molar-refractivity contribution in [3.8, 4) is 0 Å². The molecular formula is C13H20BrN3O2S. The fraction of sp³-hybridized carbons (Fsp3) is 0.615. The number of hydrogen-bond donors (Lipinski definition) is 1. The predicted molar refractivity (Wildman–Crippen MR) is 81.7 cm³/mol. The maximum absolute atomic E-state index is 12.7. The Morgan fingerprint density at radius 1 is 1.40 bits per heavy atom. The average Bonchev–Trinajstić information content (AvgIpc) is 2.46. The fourth-order valence-electron chi connectivity index (χ4n) is 2.82. The summed E-state index contributed by atoms with van der Waals surface area (Å²) in [5.74, 6) is 0.239. The van der Waals surface area contributed by atoms with Crippen LogP contribution in [0.5, 0.6) is 0 Å². The van der Waals surface area contributed by atoms with Crippen LogP contribution in [-0.2, 0) is 10.0 Å². The van der Waals surface area contributed by atoms with Gasteiger partial charge < -0.3 is 5.73 Å². The van der Waals surface area contributed by atoms with Crippen LogP contribution in [0.15, 0.2) is 27.8 Å². The standard InChI is InChI=1S/C13H20BrN3O2S/c1-17(13-5-3-2-4-10(13)7-15)20(18,19)12-6-11(14)8-16-9-12/h6,8-10,13H,2-5,7,15H2,1H3. The van der Waals surface area contributed by atoms with E-state index in [0.717, 1.165) is 25.7 Å². The highest BCUT2D eigenvalue weighted by Crippen LogP contribution is 2.30. The molecule has 1 aromatic rings. The minimum atomic E-state index is -3.52. The molecule has 2 N–H and O–H groups in total. The van der Waals surface area contributed by atoms with E-state index in [1.807, 2.05) is 0 Å². The molecule has 20 heavy (non-hydrogen) atoms. The van der Waals surface area contributed by atoms with Crippen molar-refractivity contribution in [1.82, 2.24) is 9.29 Å². The summed E-state index contributed by atoms with van der Waals surface area (Å²) in [6.07, 6.45) is 7.01. The molecule has 1 fully saturated rings. The van der Waals surface area contributed by atoms with Crippen LogP contribution in [0, 0.1) is 5.92 Å². The van der Waals surface area contributed by atoms with E-state index in [4.69, 9.17) is 5.73 Å². The Balaban J connectivity index is 2.28. The Morgan fingerprint density at radius 2 is 2.10 bits per heavy atom. The van der Waals surface area contributed by atoms with Gasteiger partial charge in [0, 0.05) is 30.0 Å². The van der Waals surface area contributed by atoms with Gasteiger partial charge in [-0.25, -0.2) is 8.42 Å². The van der Waals surface area contributed by atoms with Gasteiger partial charge >= 0.3 is 0 Å². The van der Waals surface area contributed by atoms with Crippen molar-refractivity contribution in [3.63, 3.8) is 0 Å². The first-order valence-electron chi connectivity index (χ1n) is 6.75. The van der Waals surface area contributed by atoms with Crippen LogP contribution in [0.25, 0.3) is 0 Å². The zero-order chi connectivity index (χ0) is 14.8. The molecule has 2 atom stereocenters. The van der Waals surface area contributed by atoms with E-state index < -0.39 is 10.0 Å². The Hall–Kier alpha value is -0.500. The number of sulfonamides is 1. The molecule has 2 rings (SSSR count). The molecule has 0 amide bonds. The molecular weight excluding hydrogens is 342 g/mol. The topological polar surface area (TPSA) is 76.3 Å². The Labute approximate surface area is 128 Å². The van der Waals surface area contributed by atoms with Gasteiger partial charge in [-0.05, 0) is 47.3 Å². The zero-order valence-corrected chi connectivity index (χ0v) is 13.9. The van der Waals surface area contributed by atoms with Crippen molar-refractivity contribution >= 4 is 26.0 Å². The molecule has 0 saturated heterocycles. The van der Waals surface area contributed by atoms with Crippen LogP contribution in [0.1, 0.15) is 25.7 Å². The van der Waals surface area contributed by atoms with E-state index in [-0.39, 0.29) is 16.9 Å². The molecule has 2 unspecified atom stereocenters. The van der Waals surface area contributed by atoms with Crippen molar-refractivity contribution in [3.05, 3.63) is 22.9 Å². The summed E-state index contributed by atoms with van der Waals surface area (Å²) in [5.41, 5.74) is 5.80. The summed E-state index contributed by atoms with van der Waals surface area (Å²) >= 11 is 3.26. The van der Waals surface area contributed by atoms with Crippen molar-refractivity contribution in [2.75, 3.05) is 13.6 Å². The van der Waals surface area contributed by atoms with E-state index in [1.54, 1.807) is 19.3 Å². The Morgan fingerprint density at radius 3 is 2.75 bits per heavy atom. The largest absolute Gasteiger partial charge is 0.330 e. The van der Waals surface area contributed by atoms with Gasteiger partial charge in [0.05, 0.1) is 0 Å². The average molecular weight is 362 g/mol. The SMILES string of the molecule is CN(C1CCCCC1CN)S(=O)(=O)c1cncc(Br)c1. The third kappa shape index (κ3) is 3.21. The number of nitrogens with zero attached hydrogens (tertiary/aromatic N) is 2. The molecule has 0 radical (unpaired) electrons. The number of rotatable bonds is 4. The quantitative estimate of drug-likeness (QED) is 0.889. The Kier molecular flexibility index (Phi) is 5.17. The van der Waals surface area contributed by atoms with Crippen molar-refractivity contribution in [1.29, 1.82) is 0 Å². The van der Waals surface area contributed by atoms with Gasteiger partial charge in [0.1, 0.15) is 4.90 Å². The highest BCUT2D eigenvalue weighted by atomic mass is 79.9. The van der Waals surface area contributed by atoms with Crippen LogP contribution < -0.4 is 5.73 Å². The number of hydrogen-bond acceptors (Lipinski definition) is 4. The first-order chi connectivity index (χ1) is 9.46. The second kappa shape index (κ2) is 6.51. The summed E-state index contributed by atoms with van der Waals surface area (Å²) in [5, 5.41) is 0. The highest BCUT2D eigenvalue weighted by molar-refractivity contribution is 9.10. The van der Waals surface area contributed by atoms with Crippen molar-refractivity contribution in [2.24, 2.45) is 11.7 Å². The van der Waals surface area contributed by atoms with Crippen LogP contribution in [0.4, 0.5) is 0 Å². The number of pyridine rings is 1. The summed E-state index contributed by atoms with van der Waals surface area (Å²) in [7, 11) is -1.87. The molecule has 1 aliphatic rings. The molecule has 0 aromatic carbocycles. The zero-order valence-electron chi connectivity index (χ0n) is 11.5. The van der Waals surface area contributed by atoms with Crippen LogP contribution in [0.3, 0.4) is 0 Å². The lowest BCUT2D eigenvalue weighted by Crippen LogP contribution is -2.45. The molecule has 1 aromatic heterocycles. The fourth-order valence-corrected chi connectivity index (χ4v) is 4.77. The third-order valence-corrected chi connectivity index (χ3v) is 6.28. The summed E-state index contributed by atoms with van der Waals surface area (Å²) in [4.78, 5) is 4.16. The van der Waals surface area contributed by atoms with Gasteiger partial charge in [0.2, 0.25) is 10.0 Å². The second-order valence-corrected chi connectivity index (χ2v) is 8.12. The number of halogens is 1. The molecule has 0 aliphatic heterocycles. The monoisotopic (exact) mass is 361 g/mol. The van der Waals surface area contributed by atoms with Gasteiger partial charge in [-0.15, -0.1) is 0 Å². The Bertz CT molecular complexity index is 564. The maximum atomic E-state index is 12.7. The van der Waals surface area contributed by atoms with E-state index in [1.165, 1.54) is 10.5 Å². The summed E-state index contributed by atoms with van der Waals surface area (Å²) < 4.78 is 27.5. The molecule has 1 heterocycles. The molecule has 5 nitrogen and oxygen atoms in total. The minimum absolute atomic E-state index is 0.0160. The van der Waals surface area contributed by atoms with Gasteiger partial charge in [-0.3, -0.25) is 4.98 Å². The summed E-state index contributed by atoms with van der Waals surface area (Å²) in [6.45, 7) is 0.529. The van der Waals surface area contributed by atoms with E-state index in [0.29, 0.717) is 11.0 Å². The maximum Gasteiger partial charge on any atom is 0.244 e. The molecule has 0 spiro atoms. The molecule has 1 aliphatic carbocycles. The van der Waals surface area contributed by atoms with E-state index >= 15 is 0 Å². The number of aromatic nitrogens is 1. The van der Waals surface area contributed by atoms with Crippen LogP contribution in [0.2, 0.25) is 0 Å². The third-order valence-electron chi connectivity index (χ3n) is 4.00.